The Kier molecular flexibility index (Phi) is 6.04. The molecule has 4 aromatic carbocycles. The first kappa shape index (κ1) is 22.5. The van der Waals surface area contributed by atoms with E-state index in [9.17, 15) is 4.79 Å². The summed E-state index contributed by atoms with van der Waals surface area (Å²) in [5, 5.41) is 12.6. The molecule has 0 bridgehead atoms. The highest BCUT2D eigenvalue weighted by Crippen LogP contribution is 2.41. The molecule has 8 nitrogen and oxygen atoms in total. The van der Waals surface area contributed by atoms with Crippen molar-refractivity contribution >= 4 is 11.8 Å². The molecular weight excluding hydrogens is 466 g/mol. The number of anilines is 1. The summed E-state index contributed by atoms with van der Waals surface area (Å²) in [6.07, 6.45) is 0.251. The quantitative estimate of drug-likeness (QED) is 0.287. The van der Waals surface area contributed by atoms with E-state index in [0.29, 0.717) is 29.6 Å². The SMILES string of the molecule is O=C1Oc2ccccc2[C@@H](c2nnnn2CCc2ccccc2)N1c1ccc(Oc2ccccc2)cc1. The minimum atomic E-state index is -0.566. The summed E-state index contributed by atoms with van der Waals surface area (Å²) in [7, 11) is 0. The van der Waals surface area contributed by atoms with Crippen LogP contribution in [0.15, 0.2) is 109 Å². The number of aromatic nitrogens is 4. The highest BCUT2D eigenvalue weighted by Gasteiger charge is 2.39. The maximum atomic E-state index is 13.3. The minimum absolute atomic E-state index is 0.496. The summed E-state index contributed by atoms with van der Waals surface area (Å²) >= 11 is 0. The van der Waals surface area contributed by atoms with Gasteiger partial charge in [0.2, 0.25) is 0 Å². The van der Waals surface area contributed by atoms with E-state index in [1.165, 1.54) is 5.56 Å². The Morgan fingerprint density at radius 1 is 0.784 bits per heavy atom. The summed E-state index contributed by atoms with van der Waals surface area (Å²) in [6, 6.07) is 33.9. The van der Waals surface area contributed by atoms with Crippen molar-refractivity contribution in [2.24, 2.45) is 0 Å². The summed E-state index contributed by atoms with van der Waals surface area (Å²) in [4.78, 5) is 14.9. The number of aryl methyl sites for hydroxylation is 2. The number of carbonyl (C=O) groups excluding carboxylic acids is 1. The molecule has 0 aliphatic carbocycles. The second kappa shape index (κ2) is 9.94. The highest BCUT2D eigenvalue weighted by molar-refractivity contribution is 5.93. The molecule has 1 aromatic heterocycles. The van der Waals surface area contributed by atoms with Crippen LogP contribution in [0.25, 0.3) is 0 Å². The van der Waals surface area contributed by atoms with Crippen LogP contribution >= 0.6 is 0 Å². The van der Waals surface area contributed by atoms with E-state index in [1.807, 2.05) is 91.0 Å². The highest BCUT2D eigenvalue weighted by atomic mass is 16.6. The average molecular weight is 490 g/mol. The number of ether oxygens (including phenoxy) is 2. The summed E-state index contributed by atoms with van der Waals surface area (Å²) in [5.41, 5.74) is 2.63. The predicted octanol–water partition coefficient (Wildman–Crippen LogP) is 5.82. The number of amides is 1. The average Bonchev–Trinajstić information content (AvgIpc) is 3.41. The van der Waals surface area contributed by atoms with Gasteiger partial charge in [-0.25, -0.2) is 9.48 Å². The molecule has 0 unspecified atom stereocenters. The molecular formula is C29H23N5O3. The number of rotatable bonds is 7. The fourth-order valence-electron chi connectivity index (χ4n) is 4.44. The lowest BCUT2D eigenvalue weighted by molar-refractivity contribution is 0.200. The summed E-state index contributed by atoms with van der Waals surface area (Å²) in [5.74, 6) is 2.45. The lowest BCUT2D eigenvalue weighted by Gasteiger charge is -2.35. The number of para-hydroxylation sites is 2. The van der Waals surface area contributed by atoms with Crippen molar-refractivity contribution < 1.29 is 14.3 Å². The van der Waals surface area contributed by atoms with Crippen molar-refractivity contribution in [3.8, 4) is 17.2 Å². The van der Waals surface area contributed by atoms with Crippen LogP contribution in [0.2, 0.25) is 0 Å². The number of fused-ring (bicyclic) bond motifs is 1. The number of tetrazole rings is 1. The molecule has 37 heavy (non-hydrogen) atoms. The van der Waals surface area contributed by atoms with Gasteiger partial charge in [0.1, 0.15) is 23.3 Å². The molecule has 1 aliphatic rings. The minimum Gasteiger partial charge on any atom is -0.457 e. The molecule has 182 valence electrons. The number of hydrogen-bond acceptors (Lipinski definition) is 6. The first-order chi connectivity index (χ1) is 18.3. The van der Waals surface area contributed by atoms with Gasteiger partial charge in [-0.1, -0.05) is 66.7 Å². The first-order valence-electron chi connectivity index (χ1n) is 12.0. The molecule has 0 N–H and O–H groups in total. The van der Waals surface area contributed by atoms with Gasteiger partial charge in [0, 0.05) is 17.8 Å². The monoisotopic (exact) mass is 489 g/mol. The van der Waals surface area contributed by atoms with Gasteiger partial charge in [0.15, 0.2) is 5.82 Å². The number of hydrogen-bond donors (Lipinski definition) is 0. The Morgan fingerprint density at radius 3 is 2.24 bits per heavy atom. The lowest BCUT2D eigenvalue weighted by atomic mass is 10.0. The summed E-state index contributed by atoms with van der Waals surface area (Å²) in [6.45, 7) is 0.567. The molecule has 2 heterocycles. The van der Waals surface area contributed by atoms with Gasteiger partial charge in [-0.15, -0.1) is 5.10 Å². The summed E-state index contributed by atoms with van der Waals surface area (Å²) < 4.78 is 13.4. The van der Waals surface area contributed by atoms with Crippen molar-refractivity contribution in [1.82, 2.24) is 20.2 Å². The Balaban J connectivity index is 1.34. The van der Waals surface area contributed by atoms with E-state index >= 15 is 0 Å². The molecule has 0 saturated heterocycles. The molecule has 5 aromatic rings. The zero-order valence-corrected chi connectivity index (χ0v) is 19.8. The Morgan fingerprint density at radius 2 is 1.46 bits per heavy atom. The maximum absolute atomic E-state index is 13.3. The molecule has 1 aliphatic heterocycles. The Hall–Kier alpha value is -4.98. The van der Waals surface area contributed by atoms with Crippen LogP contribution in [-0.4, -0.2) is 26.3 Å². The largest absolute Gasteiger partial charge is 0.457 e. The van der Waals surface area contributed by atoms with E-state index in [0.717, 1.165) is 17.7 Å². The van der Waals surface area contributed by atoms with Gasteiger partial charge in [0.25, 0.3) is 0 Å². The lowest BCUT2D eigenvalue weighted by Crippen LogP contribution is -2.42. The third-order valence-corrected chi connectivity index (χ3v) is 6.22. The van der Waals surface area contributed by atoms with E-state index in [2.05, 4.69) is 27.7 Å². The van der Waals surface area contributed by atoms with Crippen LogP contribution in [-0.2, 0) is 13.0 Å². The maximum Gasteiger partial charge on any atom is 0.420 e. The number of benzene rings is 4. The van der Waals surface area contributed by atoms with E-state index in [-0.39, 0.29) is 0 Å². The zero-order valence-electron chi connectivity index (χ0n) is 19.8. The molecule has 0 fully saturated rings. The second-order valence-electron chi connectivity index (χ2n) is 8.58. The van der Waals surface area contributed by atoms with E-state index in [4.69, 9.17) is 9.47 Å². The molecule has 1 amide bonds. The van der Waals surface area contributed by atoms with Crippen LogP contribution in [0.1, 0.15) is 23.0 Å². The normalized spacial score (nSPS) is 14.6. The Labute approximate surface area is 213 Å². The number of carbonyl (C=O) groups is 1. The molecule has 8 heteroatoms. The molecule has 0 saturated carbocycles. The number of nitrogens with zero attached hydrogens (tertiary/aromatic N) is 5. The van der Waals surface area contributed by atoms with Crippen LogP contribution < -0.4 is 14.4 Å². The molecule has 0 spiro atoms. The van der Waals surface area contributed by atoms with Gasteiger partial charge in [0.05, 0.1) is 0 Å². The van der Waals surface area contributed by atoms with Gasteiger partial charge >= 0.3 is 6.09 Å². The fraction of sp³-hybridized carbons (Fsp3) is 0.103. The van der Waals surface area contributed by atoms with E-state index in [1.54, 1.807) is 15.6 Å². The molecule has 0 radical (unpaired) electrons. The fourth-order valence-corrected chi connectivity index (χ4v) is 4.44. The van der Waals surface area contributed by atoms with Crippen molar-refractivity contribution in [2.45, 2.75) is 19.0 Å². The topological polar surface area (TPSA) is 82.4 Å². The predicted molar refractivity (Wildman–Crippen MR) is 138 cm³/mol. The Bertz CT molecular complexity index is 1500. The van der Waals surface area contributed by atoms with Crippen LogP contribution in [0.3, 0.4) is 0 Å². The van der Waals surface area contributed by atoms with Crippen LogP contribution in [0, 0.1) is 0 Å². The third-order valence-electron chi connectivity index (χ3n) is 6.22. The van der Waals surface area contributed by atoms with Crippen molar-refractivity contribution in [3.05, 3.63) is 126 Å². The third kappa shape index (κ3) is 4.64. The first-order valence-corrected chi connectivity index (χ1v) is 12.0. The van der Waals surface area contributed by atoms with Crippen molar-refractivity contribution in [3.63, 3.8) is 0 Å². The van der Waals surface area contributed by atoms with E-state index < -0.39 is 12.1 Å². The zero-order chi connectivity index (χ0) is 25.0. The molecule has 1 atom stereocenters. The standard InChI is InChI=1S/C29H23N5O3/c35-29-34(22-15-17-24(18-16-22)36-23-11-5-2-6-12-23)27(25-13-7-8-14-26(25)37-29)28-30-31-32-33(28)20-19-21-9-3-1-4-10-21/h1-18,27H,19-20H2/t27-/m0/s1. The van der Waals surface area contributed by atoms with Crippen LogP contribution in [0.5, 0.6) is 17.2 Å². The van der Waals surface area contributed by atoms with Crippen LogP contribution in [0.4, 0.5) is 10.5 Å². The van der Waals surface area contributed by atoms with Gasteiger partial charge < -0.3 is 9.47 Å². The van der Waals surface area contributed by atoms with Crippen molar-refractivity contribution in [2.75, 3.05) is 4.90 Å². The molecule has 6 rings (SSSR count). The second-order valence-corrected chi connectivity index (χ2v) is 8.58. The van der Waals surface area contributed by atoms with Crippen molar-refractivity contribution in [1.29, 1.82) is 0 Å². The van der Waals surface area contributed by atoms with Gasteiger partial charge in [-0.3, -0.25) is 4.90 Å². The van der Waals surface area contributed by atoms with Gasteiger partial charge in [-0.05, 0) is 64.9 Å². The van der Waals surface area contributed by atoms with Gasteiger partial charge in [-0.2, -0.15) is 0 Å². The smallest absolute Gasteiger partial charge is 0.420 e.